The highest BCUT2D eigenvalue weighted by Crippen LogP contribution is 2.16. The van der Waals surface area contributed by atoms with Crippen LogP contribution in [0.1, 0.15) is 76.7 Å². The second-order valence-electron chi connectivity index (χ2n) is 7.03. The van der Waals surface area contributed by atoms with Gasteiger partial charge in [0.15, 0.2) is 6.29 Å². The lowest BCUT2D eigenvalue weighted by molar-refractivity contribution is -0.165. The summed E-state index contributed by atoms with van der Waals surface area (Å²) in [6, 6.07) is 8.54. The Kier molecular flexibility index (Phi) is 10.7. The molecule has 0 radical (unpaired) electrons. The first-order chi connectivity index (χ1) is 12.4. The predicted molar refractivity (Wildman–Crippen MR) is 103 cm³/mol. The molecule has 0 spiro atoms. The molecule has 0 amide bonds. The molecule has 0 saturated carbocycles. The molecule has 1 aliphatic rings. The van der Waals surface area contributed by atoms with Gasteiger partial charge in [-0.1, -0.05) is 57.6 Å². The highest BCUT2D eigenvalue weighted by Gasteiger charge is 2.13. The van der Waals surface area contributed by atoms with Crippen LogP contribution >= 0.6 is 0 Å². The van der Waals surface area contributed by atoms with Crippen molar-refractivity contribution >= 4 is 0 Å². The third kappa shape index (κ3) is 9.27. The van der Waals surface area contributed by atoms with E-state index in [9.17, 15) is 0 Å². The van der Waals surface area contributed by atoms with Gasteiger partial charge in [0.2, 0.25) is 0 Å². The summed E-state index contributed by atoms with van der Waals surface area (Å²) in [5.41, 5.74) is 1.41. The fourth-order valence-corrected chi connectivity index (χ4v) is 3.22. The molecule has 1 aliphatic heterocycles. The molecule has 3 nitrogen and oxygen atoms in total. The molecule has 1 aromatic carbocycles. The SMILES string of the molecule is CCCCCCCCCc1ccc(OCCOC2CCCCO2)cc1. The second-order valence-corrected chi connectivity index (χ2v) is 7.03. The number of hydrogen-bond donors (Lipinski definition) is 0. The van der Waals surface area contributed by atoms with E-state index in [0.29, 0.717) is 13.2 Å². The first-order valence-corrected chi connectivity index (χ1v) is 10.3. The Bertz CT molecular complexity index is 423. The summed E-state index contributed by atoms with van der Waals surface area (Å²) in [5, 5.41) is 0. The van der Waals surface area contributed by atoms with E-state index in [2.05, 4.69) is 31.2 Å². The zero-order valence-electron chi connectivity index (χ0n) is 16.0. The van der Waals surface area contributed by atoms with Crippen molar-refractivity contribution in [3.05, 3.63) is 29.8 Å². The van der Waals surface area contributed by atoms with Crippen LogP contribution in [0, 0.1) is 0 Å². The lowest BCUT2D eigenvalue weighted by atomic mass is 10.0. The molecule has 1 aromatic rings. The van der Waals surface area contributed by atoms with Gasteiger partial charge in [0, 0.05) is 6.61 Å². The number of rotatable bonds is 13. The predicted octanol–water partition coefficient (Wildman–Crippen LogP) is 5.90. The Morgan fingerprint density at radius 3 is 2.40 bits per heavy atom. The van der Waals surface area contributed by atoms with Crippen LogP contribution in [0.5, 0.6) is 5.75 Å². The van der Waals surface area contributed by atoms with E-state index < -0.39 is 0 Å². The first kappa shape index (κ1) is 20.3. The number of aryl methyl sites for hydroxylation is 1. The van der Waals surface area contributed by atoms with E-state index in [1.165, 1.54) is 63.4 Å². The molecule has 1 saturated heterocycles. The maximum Gasteiger partial charge on any atom is 0.157 e. The Morgan fingerprint density at radius 2 is 1.68 bits per heavy atom. The van der Waals surface area contributed by atoms with Gasteiger partial charge in [0.1, 0.15) is 12.4 Å². The zero-order valence-corrected chi connectivity index (χ0v) is 16.0. The van der Waals surface area contributed by atoms with Gasteiger partial charge in [-0.3, -0.25) is 0 Å². The Morgan fingerprint density at radius 1 is 0.920 bits per heavy atom. The standard InChI is InChI=1S/C22H36O3/c1-2-3-4-5-6-7-8-11-20-13-15-21(16-14-20)23-18-19-25-22-12-9-10-17-24-22/h13-16,22H,2-12,17-19H2,1H3. The molecular weight excluding hydrogens is 312 g/mol. The van der Waals surface area contributed by atoms with Crippen LogP contribution in [0.2, 0.25) is 0 Å². The molecule has 3 heteroatoms. The molecule has 1 unspecified atom stereocenters. The van der Waals surface area contributed by atoms with Crippen LogP contribution in [0.25, 0.3) is 0 Å². The lowest BCUT2D eigenvalue weighted by Gasteiger charge is -2.22. The Hall–Kier alpha value is -1.06. The van der Waals surface area contributed by atoms with Gasteiger partial charge in [-0.05, 0) is 49.8 Å². The second kappa shape index (κ2) is 13.2. The van der Waals surface area contributed by atoms with Gasteiger partial charge >= 0.3 is 0 Å². The number of benzene rings is 1. The number of hydrogen-bond acceptors (Lipinski definition) is 3. The average Bonchev–Trinajstić information content (AvgIpc) is 2.66. The quantitative estimate of drug-likeness (QED) is 0.415. The summed E-state index contributed by atoms with van der Waals surface area (Å²) in [7, 11) is 0. The summed E-state index contributed by atoms with van der Waals surface area (Å²) in [6.07, 6.45) is 14.1. The van der Waals surface area contributed by atoms with E-state index in [0.717, 1.165) is 25.2 Å². The van der Waals surface area contributed by atoms with E-state index in [1.54, 1.807) is 0 Å². The molecule has 0 N–H and O–H groups in total. The normalized spacial score (nSPS) is 17.6. The molecule has 1 fully saturated rings. The molecule has 0 aliphatic carbocycles. The minimum Gasteiger partial charge on any atom is -0.491 e. The van der Waals surface area contributed by atoms with Crippen molar-refractivity contribution in [2.45, 2.75) is 83.8 Å². The molecule has 0 bridgehead atoms. The molecule has 2 rings (SSSR count). The van der Waals surface area contributed by atoms with Gasteiger partial charge in [-0.2, -0.15) is 0 Å². The van der Waals surface area contributed by atoms with Crippen LogP contribution in [0.3, 0.4) is 0 Å². The summed E-state index contributed by atoms with van der Waals surface area (Å²) in [6.45, 7) is 4.26. The summed E-state index contributed by atoms with van der Waals surface area (Å²) >= 11 is 0. The Labute approximate surface area is 154 Å². The molecule has 142 valence electrons. The maximum atomic E-state index is 5.75. The van der Waals surface area contributed by atoms with Crippen molar-refractivity contribution in [2.75, 3.05) is 19.8 Å². The van der Waals surface area contributed by atoms with Crippen molar-refractivity contribution < 1.29 is 14.2 Å². The zero-order chi connectivity index (χ0) is 17.6. The largest absolute Gasteiger partial charge is 0.491 e. The van der Waals surface area contributed by atoms with Gasteiger partial charge < -0.3 is 14.2 Å². The minimum absolute atomic E-state index is 0.0262. The van der Waals surface area contributed by atoms with Crippen LogP contribution < -0.4 is 4.74 Å². The molecule has 1 atom stereocenters. The van der Waals surface area contributed by atoms with Gasteiger partial charge in [0.05, 0.1) is 6.61 Å². The Balaban J connectivity index is 1.50. The van der Waals surface area contributed by atoms with E-state index in [4.69, 9.17) is 14.2 Å². The van der Waals surface area contributed by atoms with Crippen molar-refractivity contribution in [2.24, 2.45) is 0 Å². The van der Waals surface area contributed by atoms with Crippen LogP contribution in [-0.4, -0.2) is 26.1 Å². The highest BCUT2D eigenvalue weighted by atomic mass is 16.7. The van der Waals surface area contributed by atoms with Crippen molar-refractivity contribution in [3.63, 3.8) is 0 Å². The molecule has 25 heavy (non-hydrogen) atoms. The molecule has 0 aromatic heterocycles. The fourth-order valence-electron chi connectivity index (χ4n) is 3.22. The van der Waals surface area contributed by atoms with E-state index in [-0.39, 0.29) is 6.29 Å². The van der Waals surface area contributed by atoms with Gasteiger partial charge in [0.25, 0.3) is 0 Å². The van der Waals surface area contributed by atoms with Crippen molar-refractivity contribution in [1.82, 2.24) is 0 Å². The van der Waals surface area contributed by atoms with E-state index >= 15 is 0 Å². The van der Waals surface area contributed by atoms with E-state index in [1.807, 2.05) is 0 Å². The monoisotopic (exact) mass is 348 g/mol. The van der Waals surface area contributed by atoms with Crippen LogP contribution in [-0.2, 0) is 15.9 Å². The number of ether oxygens (including phenoxy) is 3. The first-order valence-electron chi connectivity index (χ1n) is 10.3. The van der Waals surface area contributed by atoms with Crippen LogP contribution in [0.15, 0.2) is 24.3 Å². The summed E-state index contributed by atoms with van der Waals surface area (Å²) in [4.78, 5) is 0. The summed E-state index contributed by atoms with van der Waals surface area (Å²) in [5.74, 6) is 0.927. The lowest BCUT2D eigenvalue weighted by Crippen LogP contribution is -2.24. The summed E-state index contributed by atoms with van der Waals surface area (Å²) < 4.78 is 17.0. The number of unbranched alkanes of at least 4 members (excludes halogenated alkanes) is 6. The third-order valence-electron chi connectivity index (χ3n) is 4.79. The highest BCUT2D eigenvalue weighted by molar-refractivity contribution is 5.27. The van der Waals surface area contributed by atoms with Gasteiger partial charge in [-0.25, -0.2) is 0 Å². The maximum absolute atomic E-state index is 5.75. The average molecular weight is 349 g/mol. The minimum atomic E-state index is -0.0262. The third-order valence-corrected chi connectivity index (χ3v) is 4.79. The van der Waals surface area contributed by atoms with Crippen molar-refractivity contribution in [1.29, 1.82) is 0 Å². The van der Waals surface area contributed by atoms with Gasteiger partial charge in [-0.15, -0.1) is 0 Å². The molecular formula is C22H36O3. The van der Waals surface area contributed by atoms with Crippen molar-refractivity contribution in [3.8, 4) is 5.75 Å². The van der Waals surface area contributed by atoms with Crippen LogP contribution in [0.4, 0.5) is 0 Å². The smallest absolute Gasteiger partial charge is 0.157 e. The molecule has 1 heterocycles. The topological polar surface area (TPSA) is 27.7 Å². The fraction of sp³-hybridized carbons (Fsp3) is 0.727.